The molecule has 0 amide bonds. The van der Waals surface area contributed by atoms with Gasteiger partial charge in [0.15, 0.2) is 0 Å². The molecule has 4 heteroatoms. The highest BCUT2D eigenvalue weighted by Crippen LogP contribution is 2.16. The van der Waals surface area contributed by atoms with Crippen LogP contribution >= 0.6 is 12.2 Å². The summed E-state index contributed by atoms with van der Waals surface area (Å²) in [6.45, 7) is 2.78. The number of nitrogens with one attached hydrogen (secondary N) is 1. The third kappa shape index (κ3) is 3.05. The summed E-state index contributed by atoms with van der Waals surface area (Å²) in [5.41, 5.74) is 9.90. The smallest absolute Gasteiger partial charge is 0.104 e. The Labute approximate surface area is 112 Å². The zero-order chi connectivity index (χ0) is 13.0. The van der Waals surface area contributed by atoms with Crippen LogP contribution in [0.25, 0.3) is 0 Å². The van der Waals surface area contributed by atoms with Crippen LogP contribution in [0.5, 0.6) is 0 Å². The molecule has 2 aromatic rings. The van der Waals surface area contributed by atoms with E-state index >= 15 is 0 Å². The second kappa shape index (κ2) is 5.60. The Morgan fingerprint density at radius 1 is 1.28 bits per heavy atom. The van der Waals surface area contributed by atoms with E-state index in [1.807, 2.05) is 31.2 Å². The molecule has 0 saturated carbocycles. The van der Waals surface area contributed by atoms with Crippen LogP contribution in [0.2, 0.25) is 0 Å². The van der Waals surface area contributed by atoms with Crippen LogP contribution in [0.1, 0.15) is 16.7 Å². The van der Waals surface area contributed by atoms with Crippen LogP contribution in [0, 0.1) is 6.92 Å². The first-order valence-electron chi connectivity index (χ1n) is 5.70. The van der Waals surface area contributed by atoms with Crippen LogP contribution < -0.4 is 11.1 Å². The number of aryl methyl sites for hydroxylation is 1. The normalized spacial score (nSPS) is 10.1. The maximum absolute atomic E-state index is 5.63. The summed E-state index contributed by atoms with van der Waals surface area (Å²) in [6.07, 6.45) is 3.58. The Bertz CT molecular complexity index is 552. The first-order chi connectivity index (χ1) is 8.66. The summed E-state index contributed by atoms with van der Waals surface area (Å²) in [5.74, 6) is 0. The van der Waals surface area contributed by atoms with Gasteiger partial charge in [-0.3, -0.25) is 4.98 Å². The number of hydrogen-bond donors (Lipinski definition) is 2. The van der Waals surface area contributed by atoms with Gasteiger partial charge in [0.05, 0.1) is 0 Å². The molecule has 3 N–H and O–H groups in total. The Hall–Kier alpha value is -1.94. The average Bonchev–Trinajstić information content (AvgIpc) is 2.37. The number of anilines is 1. The summed E-state index contributed by atoms with van der Waals surface area (Å²) < 4.78 is 0. The van der Waals surface area contributed by atoms with E-state index in [4.69, 9.17) is 18.0 Å². The second-order valence-electron chi connectivity index (χ2n) is 4.10. The molecule has 0 aliphatic heterocycles. The first-order valence-corrected chi connectivity index (χ1v) is 6.11. The molecule has 0 saturated heterocycles. The molecule has 1 aromatic heterocycles. The van der Waals surface area contributed by atoms with Gasteiger partial charge in [0.1, 0.15) is 4.99 Å². The van der Waals surface area contributed by atoms with Gasteiger partial charge in [-0.25, -0.2) is 0 Å². The highest BCUT2D eigenvalue weighted by molar-refractivity contribution is 7.80. The quantitative estimate of drug-likeness (QED) is 0.827. The molecular weight excluding hydrogens is 242 g/mol. The topological polar surface area (TPSA) is 50.9 Å². The predicted octanol–water partition coefficient (Wildman–Crippen LogP) is 2.64. The number of rotatable bonds is 4. The van der Waals surface area contributed by atoms with Gasteiger partial charge in [0.2, 0.25) is 0 Å². The molecule has 0 bridgehead atoms. The van der Waals surface area contributed by atoms with Crippen molar-refractivity contribution >= 4 is 22.9 Å². The number of hydrogen-bond acceptors (Lipinski definition) is 3. The third-order valence-corrected chi connectivity index (χ3v) is 2.96. The van der Waals surface area contributed by atoms with Crippen LogP contribution in [0.15, 0.2) is 42.7 Å². The van der Waals surface area contributed by atoms with Crippen molar-refractivity contribution in [3.63, 3.8) is 0 Å². The molecule has 3 nitrogen and oxygen atoms in total. The van der Waals surface area contributed by atoms with E-state index in [0.29, 0.717) is 4.99 Å². The van der Waals surface area contributed by atoms with Crippen molar-refractivity contribution < 1.29 is 0 Å². The van der Waals surface area contributed by atoms with Crippen LogP contribution in [0.4, 0.5) is 5.69 Å². The zero-order valence-corrected chi connectivity index (χ0v) is 11.0. The molecule has 0 aliphatic carbocycles. The Kier molecular flexibility index (Phi) is 3.89. The molecule has 2 rings (SSSR count). The summed E-state index contributed by atoms with van der Waals surface area (Å²) in [4.78, 5) is 4.43. The van der Waals surface area contributed by atoms with Crippen molar-refractivity contribution in [2.24, 2.45) is 5.73 Å². The summed E-state index contributed by atoms with van der Waals surface area (Å²) in [7, 11) is 0. The van der Waals surface area contributed by atoms with E-state index in [-0.39, 0.29) is 0 Å². The fourth-order valence-electron chi connectivity index (χ4n) is 1.75. The third-order valence-electron chi connectivity index (χ3n) is 2.74. The SMILES string of the molecule is Cc1cc(NCc2ccncc2)ccc1C(N)=S. The summed E-state index contributed by atoms with van der Waals surface area (Å²) in [6, 6.07) is 9.97. The fraction of sp³-hybridized carbons (Fsp3) is 0.143. The van der Waals surface area contributed by atoms with Crippen LogP contribution in [-0.4, -0.2) is 9.97 Å². The highest BCUT2D eigenvalue weighted by atomic mass is 32.1. The van der Waals surface area contributed by atoms with Crippen molar-refractivity contribution in [2.75, 3.05) is 5.32 Å². The molecule has 92 valence electrons. The molecular formula is C14H15N3S. The molecule has 0 aliphatic rings. The van der Waals surface area contributed by atoms with Gasteiger partial charge >= 0.3 is 0 Å². The summed E-state index contributed by atoms with van der Waals surface area (Å²) >= 11 is 4.98. The lowest BCUT2D eigenvalue weighted by atomic mass is 10.1. The Morgan fingerprint density at radius 2 is 2.00 bits per heavy atom. The minimum atomic E-state index is 0.438. The van der Waals surface area contributed by atoms with E-state index in [2.05, 4.69) is 16.4 Å². The molecule has 0 fully saturated rings. The lowest BCUT2D eigenvalue weighted by molar-refractivity contribution is 1.12. The van der Waals surface area contributed by atoms with Crippen LogP contribution in [-0.2, 0) is 6.54 Å². The van der Waals surface area contributed by atoms with E-state index in [1.165, 1.54) is 5.56 Å². The van der Waals surface area contributed by atoms with E-state index < -0.39 is 0 Å². The lowest BCUT2D eigenvalue weighted by Crippen LogP contribution is -2.11. The molecule has 0 unspecified atom stereocenters. The number of aromatic nitrogens is 1. The van der Waals surface area contributed by atoms with Gasteiger partial charge in [-0.15, -0.1) is 0 Å². The highest BCUT2D eigenvalue weighted by Gasteiger charge is 2.02. The molecule has 1 aromatic carbocycles. The van der Waals surface area contributed by atoms with Gasteiger partial charge < -0.3 is 11.1 Å². The van der Waals surface area contributed by atoms with Gasteiger partial charge in [-0.05, 0) is 48.4 Å². The molecule has 18 heavy (non-hydrogen) atoms. The number of nitrogens with two attached hydrogens (primary N) is 1. The average molecular weight is 257 g/mol. The van der Waals surface area contributed by atoms with Crippen molar-refractivity contribution in [3.8, 4) is 0 Å². The van der Waals surface area contributed by atoms with Gasteiger partial charge in [-0.1, -0.05) is 12.2 Å². The predicted molar refractivity (Wildman–Crippen MR) is 78.6 cm³/mol. The molecule has 0 atom stereocenters. The molecule has 1 heterocycles. The van der Waals surface area contributed by atoms with Gasteiger partial charge in [-0.2, -0.15) is 0 Å². The Balaban J connectivity index is 2.07. The maximum atomic E-state index is 5.63. The van der Waals surface area contributed by atoms with E-state index in [9.17, 15) is 0 Å². The van der Waals surface area contributed by atoms with Crippen molar-refractivity contribution in [1.82, 2.24) is 4.98 Å². The van der Waals surface area contributed by atoms with Crippen molar-refractivity contribution in [3.05, 3.63) is 59.4 Å². The number of thiocarbonyl (C=S) groups is 1. The number of pyridine rings is 1. The second-order valence-corrected chi connectivity index (χ2v) is 4.54. The zero-order valence-electron chi connectivity index (χ0n) is 10.2. The van der Waals surface area contributed by atoms with E-state index in [0.717, 1.165) is 23.4 Å². The standard InChI is InChI=1S/C14H15N3S/c1-10-8-12(2-3-13(10)14(15)18)17-9-11-4-6-16-7-5-11/h2-8,17H,9H2,1H3,(H2,15,18). The number of nitrogens with zero attached hydrogens (tertiary/aromatic N) is 1. The molecule has 0 radical (unpaired) electrons. The molecule has 0 spiro atoms. The monoisotopic (exact) mass is 257 g/mol. The van der Waals surface area contributed by atoms with Crippen molar-refractivity contribution in [2.45, 2.75) is 13.5 Å². The Morgan fingerprint density at radius 3 is 2.61 bits per heavy atom. The largest absolute Gasteiger partial charge is 0.389 e. The minimum Gasteiger partial charge on any atom is -0.389 e. The fourth-order valence-corrected chi connectivity index (χ4v) is 1.98. The number of benzene rings is 1. The van der Waals surface area contributed by atoms with Crippen molar-refractivity contribution in [1.29, 1.82) is 0 Å². The van der Waals surface area contributed by atoms with E-state index in [1.54, 1.807) is 12.4 Å². The maximum Gasteiger partial charge on any atom is 0.104 e. The van der Waals surface area contributed by atoms with Gasteiger partial charge in [0, 0.05) is 30.2 Å². The first kappa shape index (κ1) is 12.5. The van der Waals surface area contributed by atoms with Gasteiger partial charge in [0.25, 0.3) is 0 Å². The van der Waals surface area contributed by atoms with Crippen LogP contribution in [0.3, 0.4) is 0 Å². The lowest BCUT2D eigenvalue weighted by Gasteiger charge is -2.09. The minimum absolute atomic E-state index is 0.438. The summed E-state index contributed by atoms with van der Waals surface area (Å²) in [5, 5.41) is 3.36.